The van der Waals surface area contributed by atoms with E-state index in [0.717, 1.165) is 30.6 Å². The number of hydrogen-bond donors (Lipinski definition) is 1. The molecule has 0 unspecified atom stereocenters. The molecule has 7 nitrogen and oxygen atoms in total. The van der Waals surface area contributed by atoms with Crippen molar-refractivity contribution in [1.29, 1.82) is 0 Å². The molecule has 2 aliphatic rings. The lowest BCUT2D eigenvalue weighted by Gasteiger charge is -2.21. The lowest BCUT2D eigenvalue weighted by molar-refractivity contribution is -0.124. The van der Waals surface area contributed by atoms with Crippen LogP contribution < -0.4 is 15.0 Å². The van der Waals surface area contributed by atoms with Crippen LogP contribution in [0.4, 0.5) is 16.2 Å². The predicted molar refractivity (Wildman–Crippen MR) is 118 cm³/mol. The summed E-state index contributed by atoms with van der Waals surface area (Å²) in [6.07, 6.45) is 2.57. The molecule has 2 fully saturated rings. The second-order valence-electron chi connectivity index (χ2n) is 8.07. The summed E-state index contributed by atoms with van der Waals surface area (Å²) >= 11 is 0. The molecule has 4 amide bonds. The van der Waals surface area contributed by atoms with Crippen LogP contribution in [-0.4, -0.2) is 41.4 Å². The van der Waals surface area contributed by atoms with E-state index >= 15 is 0 Å². The molecule has 162 valence electrons. The van der Waals surface area contributed by atoms with Crippen LogP contribution in [0.25, 0.3) is 0 Å². The van der Waals surface area contributed by atoms with Crippen molar-refractivity contribution in [3.8, 4) is 5.75 Å². The highest BCUT2D eigenvalue weighted by molar-refractivity contribution is 6.22. The molecule has 0 bridgehead atoms. The Hall–Kier alpha value is -3.35. The van der Waals surface area contributed by atoms with Gasteiger partial charge in [0.1, 0.15) is 11.8 Å². The van der Waals surface area contributed by atoms with E-state index in [0.29, 0.717) is 18.0 Å². The van der Waals surface area contributed by atoms with E-state index in [1.165, 1.54) is 4.90 Å². The molecule has 1 atom stereocenters. The number of carbonyl (C=O) groups is 3. The van der Waals surface area contributed by atoms with Gasteiger partial charge in [-0.2, -0.15) is 0 Å². The average molecular weight is 421 g/mol. The molecule has 1 saturated carbocycles. The SMILES string of the molecule is CCCOc1ccc(NC(=O)C[C@H]2C(=O)N(c3ccc(C)cc3)C(=O)N2C2CC2)cc1. The number of nitrogens with zero attached hydrogens (tertiary/aromatic N) is 2. The predicted octanol–water partition coefficient (Wildman–Crippen LogP) is 4.11. The van der Waals surface area contributed by atoms with Gasteiger partial charge >= 0.3 is 6.03 Å². The van der Waals surface area contributed by atoms with Gasteiger partial charge in [-0.25, -0.2) is 9.69 Å². The lowest BCUT2D eigenvalue weighted by Crippen LogP contribution is -2.39. The van der Waals surface area contributed by atoms with Crippen LogP contribution in [0.1, 0.15) is 38.2 Å². The van der Waals surface area contributed by atoms with Crippen molar-refractivity contribution in [3.63, 3.8) is 0 Å². The number of rotatable bonds is 8. The summed E-state index contributed by atoms with van der Waals surface area (Å²) in [5, 5.41) is 2.83. The molecule has 0 spiro atoms. The lowest BCUT2D eigenvalue weighted by atomic mass is 10.1. The highest BCUT2D eigenvalue weighted by Crippen LogP contribution is 2.36. The van der Waals surface area contributed by atoms with Crippen molar-refractivity contribution in [3.05, 3.63) is 54.1 Å². The van der Waals surface area contributed by atoms with Gasteiger partial charge < -0.3 is 15.0 Å². The van der Waals surface area contributed by atoms with E-state index in [1.54, 1.807) is 41.3 Å². The standard InChI is InChI=1S/C24H27N3O4/c1-3-14-31-20-12-6-17(7-13-20)25-22(28)15-21-23(29)27(19-8-4-16(2)5-9-19)24(30)26(21)18-10-11-18/h4-9,12-13,18,21H,3,10-11,14-15H2,1-2H3,(H,25,28)/t21-/m0/s1. The largest absolute Gasteiger partial charge is 0.494 e. The average Bonchev–Trinajstić information content (AvgIpc) is 3.56. The summed E-state index contributed by atoms with van der Waals surface area (Å²) in [5.74, 6) is 0.0917. The summed E-state index contributed by atoms with van der Waals surface area (Å²) in [5.41, 5.74) is 2.21. The monoisotopic (exact) mass is 421 g/mol. The van der Waals surface area contributed by atoms with Gasteiger partial charge in [-0.15, -0.1) is 0 Å². The van der Waals surface area contributed by atoms with Crippen molar-refractivity contribution < 1.29 is 19.1 Å². The van der Waals surface area contributed by atoms with Crippen LogP contribution in [0.3, 0.4) is 0 Å². The van der Waals surface area contributed by atoms with E-state index < -0.39 is 6.04 Å². The maximum Gasteiger partial charge on any atom is 0.332 e. The zero-order valence-electron chi connectivity index (χ0n) is 17.8. The second-order valence-corrected chi connectivity index (χ2v) is 8.07. The Morgan fingerprint density at radius 2 is 1.74 bits per heavy atom. The molecule has 31 heavy (non-hydrogen) atoms. The molecule has 1 aliphatic heterocycles. The van der Waals surface area contributed by atoms with Crippen molar-refractivity contribution in [2.24, 2.45) is 0 Å². The van der Waals surface area contributed by atoms with Gasteiger partial charge in [0, 0.05) is 11.7 Å². The van der Waals surface area contributed by atoms with E-state index in [9.17, 15) is 14.4 Å². The Labute approximate surface area is 182 Å². The number of ether oxygens (including phenoxy) is 1. The van der Waals surface area contributed by atoms with Crippen molar-refractivity contribution >= 4 is 29.2 Å². The maximum atomic E-state index is 13.1. The Balaban J connectivity index is 1.46. The first kappa shape index (κ1) is 20.9. The van der Waals surface area contributed by atoms with Crippen molar-refractivity contribution in [1.82, 2.24) is 4.90 Å². The highest BCUT2D eigenvalue weighted by Gasteiger charge is 2.51. The summed E-state index contributed by atoms with van der Waals surface area (Å²) in [7, 11) is 0. The first-order chi connectivity index (χ1) is 15.0. The van der Waals surface area contributed by atoms with E-state index in [2.05, 4.69) is 5.32 Å². The number of urea groups is 1. The fraction of sp³-hybridized carbons (Fsp3) is 0.375. The molecule has 7 heteroatoms. The summed E-state index contributed by atoms with van der Waals surface area (Å²) in [6, 6.07) is 13.3. The number of benzene rings is 2. The Bertz CT molecular complexity index is 967. The molecule has 0 radical (unpaired) electrons. The first-order valence-corrected chi connectivity index (χ1v) is 10.7. The third-order valence-corrected chi connectivity index (χ3v) is 5.48. The summed E-state index contributed by atoms with van der Waals surface area (Å²) < 4.78 is 5.55. The van der Waals surface area contributed by atoms with Crippen molar-refractivity contribution in [2.75, 3.05) is 16.8 Å². The number of anilines is 2. The Kier molecular flexibility index (Phi) is 5.93. The van der Waals surface area contributed by atoms with Gasteiger partial charge in [0.25, 0.3) is 5.91 Å². The van der Waals surface area contributed by atoms with Crippen LogP contribution >= 0.6 is 0 Å². The van der Waals surface area contributed by atoms with Gasteiger partial charge in [0.15, 0.2) is 0 Å². The number of amides is 4. The Morgan fingerprint density at radius 3 is 2.35 bits per heavy atom. The van der Waals surface area contributed by atoms with Crippen LogP contribution in [-0.2, 0) is 9.59 Å². The van der Waals surface area contributed by atoms with Gasteiger partial charge in [-0.3, -0.25) is 9.59 Å². The minimum absolute atomic E-state index is 0.0275. The fourth-order valence-electron chi connectivity index (χ4n) is 3.73. The smallest absolute Gasteiger partial charge is 0.332 e. The molecule has 2 aromatic carbocycles. The molecule has 1 N–H and O–H groups in total. The normalized spacial score (nSPS) is 18.5. The van der Waals surface area contributed by atoms with Crippen LogP contribution in [0.5, 0.6) is 5.75 Å². The molecular formula is C24H27N3O4. The number of aryl methyl sites for hydroxylation is 1. The molecule has 1 heterocycles. The Morgan fingerprint density at radius 1 is 1.06 bits per heavy atom. The third kappa shape index (κ3) is 4.55. The van der Waals surface area contributed by atoms with Gasteiger partial charge in [-0.1, -0.05) is 24.6 Å². The molecule has 1 aliphatic carbocycles. The van der Waals surface area contributed by atoms with Crippen LogP contribution in [0.15, 0.2) is 48.5 Å². The molecule has 1 saturated heterocycles. The molecule has 2 aromatic rings. The zero-order chi connectivity index (χ0) is 22.0. The summed E-state index contributed by atoms with van der Waals surface area (Å²) in [4.78, 5) is 41.7. The topological polar surface area (TPSA) is 79.0 Å². The highest BCUT2D eigenvalue weighted by atomic mass is 16.5. The maximum absolute atomic E-state index is 13.1. The van der Waals surface area contributed by atoms with Gasteiger partial charge in [0.2, 0.25) is 5.91 Å². The fourth-order valence-corrected chi connectivity index (χ4v) is 3.73. The van der Waals surface area contributed by atoms with Crippen molar-refractivity contribution in [2.45, 2.75) is 51.6 Å². The minimum Gasteiger partial charge on any atom is -0.494 e. The zero-order valence-corrected chi connectivity index (χ0v) is 17.8. The molecular weight excluding hydrogens is 394 g/mol. The third-order valence-electron chi connectivity index (χ3n) is 5.48. The minimum atomic E-state index is -0.784. The van der Waals surface area contributed by atoms with Crippen LogP contribution in [0.2, 0.25) is 0 Å². The number of hydrogen-bond acceptors (Lipinski definition) is 4. The number of imide groups is 1. The van der Waals surface area contributed by atoms with E-state index in [4.69, 9.17) is 4.74 Å². The van der Waals surface area contributed by atoms with Gasteiger partial charge in [0.05, 0.1) is 18.7 Å². The van der Waals surface area contributed by atoms with E-state index in [-0.39, 0.29) is 30.3 Å². The van der Waals surface area contributed by atoms with E-state index in [1.807, 2.05) is 26.0 Å². The van der Waals surface area contributed by atoms with Gasteiger partial charge in [-0.05, 0) is 62.6 Å². The first-order valence-electron chi connectivity index (χ1n) is 10.7. The number of nitrogens with one attached hydrogen (secondary N) is 1. The number of carbonyl (C=O) groups excluding carboxylic acids is 3. The van der Waals surface area contributed by atoms with Crippen LogP contribution in [0, 0.1) is 6.92 Å². The summed E-state index contributed by atoms with van der Waals surface area (Å²) in [6.45, 7) is 4.62. The molecule has 4 rings (SSSR count). The second kappa shape index (κ2) is 8.79. The molecule has 0 aromatic heterocycles. The quantitative estimate of drug-likeness (QED) is 0.651.